The monoisotopic (exact) mass is 340 g/mol. The van der Waals surface area contributed by atoms with E-state index in [9.17, 15) is 4.79 Å². The van der Waals surface area contributed by atoms with E-state index in [1.54, 1.807) is 16.7 Å². The fraction of sp³-hybridized carbons (Fsp3) is 0.263. The Bertz CT molecular complexity index is 704. The van der Waals surface area contributed by atoms with Gasteiger partial charge in [-0.3, -0.25) is 9.69 Å². The number of amides is 1. The molecule has 24 heavy (non-hydrogen) atoms. The maximum atomic E-state index is 12.7. The van der Waals surface area contributed by atoms with Crippen LogP contribution in [-0.2, 0) is 4.79 Å². The molecule has 5 heteroatoms. The first kappa shape index (κ1) is 16.6. The molecule has 1 heterocycles. The smallest absolute Gasteiger partial charge is 0.266 e. The number of nitrogens with zero attached hydrogens (tertiary/aromatic N) is 2. The maximum absolute atomic E-state index is 12.7. The number of hydrogen-bond donors (Lipinski definition) is 0. The summed E-state index contributed by atoms with van der Waals surface area (Å²) in [6.45, 7) is 2.11. The van der Waals surface area contributed by atoms with Crippen molar-refractivity contribution in [2.45, 2.75) is 19.4 Å². The quantitative estimate of drug-likeness (QED) is 0.823. The van der Waals surface area contributed by atoms with E-state index >= 15 is 0 Å². The molecule has 1 aliphatic rings. The summed E-state index contributed by atoms with van der Waals surface area (Å²) in [6, 6.07) is 19.3. The number of carbonyl (C=O) groups excluding carboxylic acids is 1. The topological polar surface area (TPSA) is 41.9 Å². The van der Waals surface area contributed by atoms with E-state index in [0.717, 1.165) is 23.0 Å². The molecule has 0 unspecified atom stereocenters. The van der Waals surface area contributed by atoms with Crippen molar-refractivity contribution in [1.29, 1.82) is 0 Å². The number of rotatable bonds is 5. The van der Waals surface area contributed by atoms with Gasteiger partial charge < -0.3 is 4.74 Å². The Balaban J connectivity index is 1.74. The van der Waals surface area contributed by atoms with E-state index in [-0.39, 0.29) is 18.6 Å². The van der Waals surface area contributed by atoms with Gasteiger partial charge in [-0.2, -0.15) is 0 Å². The minimum absolute atomic E-state index is 0.0227. The van der Waals surface area contributed by atoms with Crippen LogP contribution < -0.4 is 4.74 Å². The Hall–Kier alpha value is -2.27. The van der Waals surface area contributed by atoms with Crippen LogP contribution in [0.15, 0.2) is 65.7 Å². The van der Waals surface area contributed by atoms with Crippen molar-refractivity contribution in [2.75, 3.05) is 12.4 Å². The number of thioether (sulfide) groups is 1. The molecule has 0 aliphatic carbocycles. The fourth-order valence-electron chi connectivity index (χ4n) is 2.51. The molecule has 4 nitrogen and oxygen atoms in total. The van der Waals surface area contributed by atoms with Crippen molar-refractivity contribution in [3.05, 3.63) is 60.7 Å². The van der Waals surface area contributed by atoms with E-state index in [4.69, 9.17) is 4.74 Å². The van der Waals surface area contributed by atoms with Gasteiger partial charge in [0.2, 0.25) is 0 Å². The Morgan fingerprint density at radius 3 is 2.50 bits per heavy atom. The second kappa shape index (κ2) is 8.02. The van der Waals surface area contributed by atoms with Crippen molar-refractivity contribution in [1.82, 2.24) is 4.90 Å². The van der Waals surface area contributed by atoms with Gasteiger partial charge in [-0.1, -0.05) is 55.1 Å². The molecule has 2 aromatic rings. The first-order valence-electron chi connectivity index (χ1n) is 8.04. The molecule has 1 fully saturated rings. The van der Waals surface area contributed by atoms with Gasteiger partial charge in [-0.15, -0.1) is 0 Å². The number of para-hydroxylation sites is 2. The Kier molecular flexibility index (Phi) is 5.54. The molecule has 0 bridgehead atoms. The molecule has 0 N–H and O–H groups in total. The van der Waals surface area contributed by atoms with Crippen LogP contribution in [0, 0.1) is 0 Å². The van der Waals surface area contributed by atoms with E-state index in [2.05, 4.69) is 11.9 Å². The predicted molar refractivity (Wildman–Crippen MR) is 98.9 cm³/mol. The number of benzene rings is 2. The van der Waals surface area contributed by atoms with E-state index in [1.165, 1.54) is 0 Å². The standard InChI is InChI=1S/C19H20N2O2S/c1-2-16-14-24-19(20-15-9-5-3-6-10-15)21(16)18(22)13-23-17-11-7-4-8-12-17/h3-12,16H,2,13-14H2,1H3/t16-/m0/s1. The zero-order valence-corrected chi connectivity index (χ0v) is 14.4. The summed E-state index contributed by atoms with van der Waals surface area (Å²) in [4.78, 5) is 19.1. The summed E-state index contributed by atoms with van der Waals surface area (Å²) in [5.41, 5.74) is 0.860. The Morgan fingerprint density at radius 1 is 1.17 bits per heavy atom. The molecule has 0 aromatic heterocycles. The molecular formula is C19H20N2O2S. The summed E-state index contributed by atoms with van der Waals surface area (Å²) in [6.07, 6.45) is 0.901. The van der Waals surface area contributed by atoms with Crippen LogP contribution >= 0.6 is 11.8 Å². The van der Waals surface area contributed by atoms with Crippen LogP contribution in [0.1, 0.15) is 13.3 Å². The summed E-state index contributed by atoms with van der Waals surface area (Å²) in [5, 5.41) is 0.759. The van der Waals surface area contributed by atoms with E-state index < -0.39 is 0 Å². The minimum Gasteiger partial charge on any atom is -0.484 e. The second-order valence-electron chi connectivity index (χ2n) is 5.47. The number of hydrogen-bond acceptors (Lipinski definition) is 4. The van der Waals surface area contributed by atoms with Crippen molar-refractivity contribution < 1.29 is 9.53 Å². The molecule has 124 valence electrons. The largest absolute Gasteiger partial charge is 0.484 e. The zero-order chi connectivity index (χ0) is 16.8. The number of ether oxygens (including phenoxy) is 1. The van der Waals surface area contributed by atoms with Gasteiger partial charge in [0.15, 0.2) is 11.8 Å². The number of aliphatic imine (C=N–C) groups is 1. The highest BCUT2D eigenvalue weighted by Crippen LogP contribution is 2.29. The third-order valence-corrected chi connectivity index (χ3v) is 4.90. The molecule has 3 rings (SSSR count). The fourth-order valence-corrected chi connectivity index (χ4v) is 3.80. The summed E-state index contributed by atoms with van der Waals surface area (Å²) < 4.78 is 5.62. The van der Waals surface area contributed by atoms with Crippen LogP contribution in [0.5, 0.6) is 5.75 Å². The SMILES string of the molecule is CC[C@H]1CSC(=Nc2ccccc2)N1C(=O)COc1ccccc1. The van der Waals surface area contributed by atoms with Gasteiger partial charge in [-0.05, 0) is 30.7 Å². The number of carbonyl (C=O) groups is 1. The highest BCUT2D eigenvalue weighted by atomic mass is 32.2. The van der Waals surface area contributed by atoms with Crippen LogP contribution in [0.25, 0.3) is 0 Å². The van der Waals surface area contributed by atoms with Crippen LogP contribution in [-0.4, -0.2) is 34.4 Å². The Labute approximate surface area is 146 Å². The lowest BCUT2D eigenvalue weighted by atomic mass is 10.2. The maximum Gasteiger partial charge on any atom is 0.266 e. The average molecular weight is 340 g/mol. The molecule has 0 spiro atoms. The average Bonchev–Trinajstić information content (AvgIpc) is 3.04. The second-order valence-corrected chi connectivity index (χ2v) is 6.46. The third kappa shape index (κ3) is 3.97. The molecule has 0 radical (unpaired) electrons. The van der Waals surface area contributed by atoms with Gasteiger partial charge in [0.05, 0.1) is 5.69 Å². The first-order chi connectivity index (χ1) is 11.8. The van der Waals surface area contributed by atoms with Crippen molar-refractivity contribution in [3.63, 3.8) is 0 Å². The molecule has 0 saturated carbocycles. The van der Waals surface area contributed by atoms with Gasteiger partial charge in [0.25, 0.3) is 5.91 Å². The summed E-state index contributed by atoms with van der Waals surface area (Å²) >= 11 is 1.63. The minimum atomic E-state index is -0.0506. The normalized spacial score (nSPS) is 18.8. The van der Waals surface area contributed by atoms with Crippen molar-refractivity contribution in [2.24, 2.45) is 4.99 Å². The van der Waals surface area contributed by atoms with Gasteiger partial charge in [0, 0.05) is 11.8 Å². The molecule has 1 aliphatic heterocycles. The molecule has 2 aromatic carbocycles. The first-order valence-corrected chi connectivity index (χ1v) is 9.03. The molecule has 1 atom stereocenters. The van der Waals surface area contributed by atoms with Gasteiger partial charge in [-0.25, -0.2) is 4.99 Å². The lowest BCUT2D eigenvalue weighted by Gasteiger charge is -2.23. The molecule has 1 amide bonds. The molecule has 1 saturated heterocycles. The van der Waals surface area contributed by atoms with Crippen molar-refractivity contribution in [3.8, 4) is 5.75 Å². The lowest BCUT2D eigenvalue weighted by molar-refractivity contribution is -0.130. The zero-order valence-electron chi connectivity index (χ0n) is 13.6. The van der Waals surface area contributed by atoms with E-state index in [1.807, 2.05) is 60.7 Å². The highest BCUT2D eigenvalue weighted by Gasteiger charge is 2.34. The third-order valence-electron chi connectivity index (χ3n) is 3.80. The highest BCUT2D eigenvalue weighted by molar-refractivity contribution is 8.14. The predicted octanol–water partition coefficient (Wildman–Crippen LogP) is 4.11. The van der Waals surface area contributed by atoms with E-state index in [0.29, 0.717) is 5.75 Å². The summed E-state index contributed by atoms with van der Waals surface area (Å²) in [5.74, 6) is 1.52. The van der Waals surface area contributed by atoms with Crippen LogP contribution in [0.2, 0.25) is 0 Å². The van der Waals surface area contributed by atoms with Crippen LogP contribution in [0.3, 0.4) is 0 Å². The lowest BCUT2D eigenvalue weighted by Crippen LogP contribution is -2.41. The molecular weight excluding hydrogens is 320 g/mol. The number of amidine groups is 1. The summed E-state index contributed by atoms with van der Waals surface area (Å²) in [7, 11) is 0. The van der Waals surface area contributed by atoms with Crippen LogP contribution in [0.4, 0.5) is 5.69 Å². The van der Waals surface area contributed by atoms with Gasteiger partial charge in [0.1, 0.15) is 5.75 Å². The Morgan fingerprint density at radius 2 is 1.83 bits per heavy atom. The van der Waals surface area contributed by atoms with Gasteiger partial charge >= 0.3 is 0 Å². The van der Waals surface area contributed by atoms with Crippen molar-refractivity contribution >= 4 is 28.5 Å².